The summed E-state index contributed by atoms with van der Waals surface area (Å²) >= 11 is 0. The highest BCUT2D eigenvalue weighted by Crippen LogP contribution is 2.19. The Morgan fingerprint density at radius 3 is 1.78 bits per heavy atom. The number of carbonyl (C=O) groups is 1. The molecule has 0 aromatic carbocycles. The first-order chi connectivity index (χ1) is 8.25. The second-order valence-corrected chi connectivity index (χ2v) is 6.42. The molecule has 0 heterocycles. The van der Waals surface area contributed by atoms with Gasteiger partial charge < -0.3 is 10.6 Å². The predicted octanol–water partition coefficient (Wildman–Crippen LogP) is 2.66. The van der Waals surface area contributed by atoms with Crippen LogP contribution in [0.2, 0.25) is 0 Å². The molecule has 0 saturated heterocycles. The van der Waals surface area contributed by atoms with Gasteiger partial charge in [-0.05, 0) is 37.1 Å². The first-order valence-corrected chi connectivity index (χ1v) is 7.26. The standard InChI is InChI=1S/C15H32N2O/c1-10(2)8-17-15(18)13(7)16-9-14(11(3)4)12(5)6/h10-14,16H,8-9H2,1-7H3,(H,17,18). The molecule has 0 bridgehead atoms. The SMILES string of the molecule is CC(C)CNC(=O)C(C)NCC(C(C)C)C(C)C. The molecule has 0 spiro atoms. The highest BCUT2D eigenvalue weighted by molar-refractivity contribution is 5.81. The number of carbonyl (C=O) groups excluding carboxylic acids is 1. The molecule has 0 radical (unpaired) electrons. The molecule has 0 aromatic rings. The van der Waals surface area contributed by atoms with Gasteiger partial charge in [0.05, 0.1) is 6.04 Å². The summed E-state index contributed by atoms with van der Waals surface area (Å²) in [6.45, 7) is 16.8. The summed E-state index contributed by atoms with van der Waals surface area (Å²) in [5.74, 6) is 2.51. The monoisotopic (exact) mass is 256 g/mol. The normalized spacial score (nSPS) is 13.7. The van der Waals surface area contributed by atoms with Crippen molar-refractivity contribution in [2.45, 2.75) is 54.5 Å². The Kier molecular flexibility index (Phi) is 8.25. The maximum absolute atomic E-state index is 11.8. The van der Waals surface area contributed by atoms with E-state index in [0.29, 0.717) is 23.7 Å². The molecule has 0 aliphatic rings. The van der Waals surface area contributed by atoms with Crippen LogP contribution >= 0.6 is 0 Å². The lowest BCUT2D eigenvalue weighted by Crippen LogP contribution is -2.45. The molecular formula is C15H32N2O. The molecule has 3 heteroatoms. The van der Waals surface area contributed by atoms with Crippen molar-refractivity contribution >= 4 is 5.91 Å². The predicted molar refractivity (Wildman–Crippen MR) is 78.5 cm³/mol. The van der Waals surface area contributed by atoms with Gasteiger partial charge in [0.2, 0.25) is 5.91 Å². The van der Waals surface area contributed by atoms with E-state index < -0.39 is 0 Å². The number of hydrogen-bond acceptors (Lipinski definition) is 2. The van der Waals surface area contributed by atoms with Gasteiger partial charge in [-0.2, -0.15) is 0 Å². The third-order valence-electron chi connectivity index (χ3n) is 3.45. The highest BCUT2D eigenvalue weighted by atomic mass is 16.2. The minimum absolute atomic E-state index is 0.106. The van der Waals surface area contributed by atoms with Crippen molar-refractivity contribution in [1.29, 1.82) is 0 Å². The van der Waals surface area contributed by atoms with Crippen molar-refractivity contribution in [3.05, 3.63) is 0 Å². The Balaban J connectivity index is 4.07. The molecule has 0 fully saturated rings. The minimum atomic E-state index is -0.108. The fourth-order valence-corrected chi connectivity index (χ4v) is 2.10. The molecule has 1 unspecified atom stereocenters. The van der Waals surface area contributed by atoms with Crippen LogP contribution in [-0.2, 0) is 4.79 Å². The van der Waals surface area contributed by atoms with E-state index in [2.05, 4.69) is 52.2 Å². The number of nitrogens with one attached hydrogen (secondary N) is 2. The summed E-state index contributed by atoms with van der Waals surface area (Å²) < 4.78 is 0. The van der Waals surface area contributed by atoms with E-state index in [1.807, 2.05) is 6.92 Å². The Morgan fingerprint density at radius 1 is 0.889 bits per heavy atom. The van der Waals surface area contributed by atoms with Crippen LogP contribution in [0.3, 0.4) is 0 Å². The zero-order chi connectivity index (χ0) is 14.3. The topological polar surface area (TPSA) is 41.1 Å². The van der Waals surface area contributed by atoms with Crippen molar-refractivity contribution in [2.75, 3.05) is 13.1 Å². The lowest BCUT2D eigenvalue weighted by Gasteiger charge is -2.26. The van der Waals surface area contributed by atoms with Crippen LogP contribution in [0.25, 0.3) is 0 Å². The first-order valence-electron chi connectivity index (χ1n) is 7.26. The second-order valence-electron chi connectivity index (χ2n) is 6.42. The first kappa shape index (κ1) is 17.4. The molecule has 2 N–H and O–H groups in total. The van der Waals surface area contributed by atoms with E-state index in [0.717, 1.165) is 13.1 Å². The van der Waals surface area contributed by atoms with Gasteiger partial charge in [-0.25, -0.2) is 0 Å². The Morgan fingerprint density at radius 2 is 1.39 bits per heavy atom. The Bertz CT molecular complexity index is 229. The van der Waals surface area contributed by atoms with Crippen LogP contribution in [0.4, 0.5) is 0 Å². The summed E-state index contributed by atoms with van der Waals surface area (Å²) in [4.78, 5) is 11.8. The van der Waals surface area contributed by atoms with Crippen molar-refractivity contribution in [2.24, 2.45) is 23.7 Å². The fourth-order valence-electron chi connectivity index (χ4n) is 2.10. The number of hydrogen-bond donors (Lipinski definition) is 2. The molecule has 0 aromatic heterocycles. The smallest absolute Gasteiger partial charge is 0.236 e. The average Bonchev–Trinajstić information content (AvgIpc) is 2.24. The van der Waals surface area contributed by atoms with Crippen LogP contribution in [0.1, 0.15) is 48.5 Å². The van der Waals surface area contributed by atoms with E-state index >= 15 is 0 Å². The molecule has 1 amide bonds. The molecule has 1 atom stereocenters. The van der Waals surface area contributed by atoms with Gasteiger partial charge in [-0.3, -0.25) is 4.79 Å². The summed E-state index contributed by atoms with van der Waals surface area (Å²) in [6, 6.07) is -0.108. The molecule has 0 rings (SSSR count). The van der Waals surface area contributed by atoms with Gasteiger partial charge >= 0.3 is 0 Å². The summed E-state index contributed by atoms with van der Waals surface area (Å²) in [7, 11) is 0. The summed E-state index contributed by atoms with van der Waals surface area (Å²) in [5.41, 5.74) is 0. The zero-order valence-electron chi connectivity index (χ0n) is 13.2. The van der Waals surface area contributed by atoms with Crippen molar-refractivity contribution in [1.82, 2.24) is 10.6 Å². The molecule has 0 aliphatic carbocycles. The van der Waals surface area contributed by atoms with E-state index in [1.165, 1.54) is 0 Å². The largest absolute Gasteiger partial charge is 0.354 e. The molecule has 3 nitrogen and oxygen atoms in total. The van der Waals surface area contributed by atoms with Crippen LogP contribution in [0.15, 0.2) is 0 Å². The van der Waals surface area contributed by atoms with E-state index in [9.17, 15) is 4.79 Å². The Hall–Kier alpha value is -0.570. The molecule has 18 heavy (non-hydrogen) atoms. The third kappa shape index (κ3) is 7.00. The lowest BCUT2D eigenvalue weighted by atomic mass is 9.85. The van der Waals surface area contributed by atoms with Crippen LogP contribution in [-0.4, -0.2) is 25.0 Å². The third-order valence-corrected chi connectivity index (χ3v) is 3.45. The van der Waals surface area contributed by atoms with Gasteiger partial charge in [-0.1, -0.05) is 41.5 Å². The maximum Gasteiger partial charge on any atom is 0.236 e. The lowest BCUT2D eigenvalue weighted by molar-refractivity contribution is -0.123. The highest BCUT2D eigenvalue weighted by Gasteiger charge is 2.20. The summed E-state index contributed by atoms with van der Waals surface area (Å²) in [6.07, 6.45) is 0. The molecule has 108 valence electrons. The quantitative estimate of drug-likeness (QED) is 0.701. The summed E-state index contributed by atoms with van der Waals surface area (Å²) in [5, 5.41) is 6.32. The van der Waals surface area contributed by atoms with Gasteiger partial charge in [0, 0.05) is 6.54 Å². The fraction of sp³-hybridized carbons (Fsp3) is 0.933. The van der Waals surface area contributed by atoms with Crippen molar-refractivity contribution in [3.63, 3.8) is 0 Å². The zero-order valence-corrected chi connectivity index (χ0v) is 13.2. The van der Waals surface area contributed by atoms with E-state index in [-0.39, 0.29) is 11.9 Å². The van der Waals surface area contributed by atoms with Crippen LogP contribution in [0, 0.1) is 23.7 Å². The van der Waals surface area contributed by atoms with E-state index in [1.54, 1.807) is 0 Å². The molecular weight excluding hydrogens is 224 g/mol. The maximum atomic E-state index is 11.8. The van der Waals surface area contributed by atoms with Gasteiger partial charge in [0.1, 0.15) is 0 Å². The Labute approximate surface area is 113 Å². The van der Waals surface area contributed by atoms with Gasteiger partial charge in [-0.15, -0.1) is 0 Å². The molecule has 0 saturated carbocycles. The van der Waals surface area contributed by atoms with Crippen molar-refractivity contribution in [3.8, 4) is 0 Å². The van der Waals surface area contributed by atoms with E-state index in [4.69, 9.17) is 0 Å². The number of amides is 1. The molecule has 0 aliphatic heterocycles. The number of rotatable bonds is 8. The van der Waals surface area contributed by atoms with Crippen LogP contribution in [0.5, 0.6) is 0 Å². The van der Waals surface area contributed by atoms with Gasteiger partial charge in [0.15, 0.2) is 0 Å². The second kappa shape index (κ2) is 8.52. The van der Waals surface area contributed by atoms with Gasteiger partial charge in [0.25, 0.3) is 0 Å². The minimum Gasteiger partial charge on any atom is -0.354 e. The van der Waals surface area contributed by atoms with Crippen LogP contribution < -0.4 is 10.6 Å². The van der Waals surface area contributed by atoms with Crippen molar-refractivity contribution < 1.29 is 4.79 Å². The average molecular weight is 256 g/mol.